The fourth-order valence-corrected chi connectivity index (χ4v) is 4.90. The molecule has 2 aliphatic heterocycles. The molecule has 2 saturated heterocycles. The summed E-state index contributed by atoms with van der Waals surface area (Å²) in [4.78, 5) is 16.2. The lowest BCUT2D eigenvalue weighted by Gasteiger charge is -2.22. The minimum absolute atomic E-state index is 0.00138. The van der Waals surface area contributed by atoms with E-state index in [9.17, 15) is 13.2 Å². The highest BCUT2D eigenvalue weighted by Gasteiger charge is 2.40. The average molecular weight is 314 g/mol. The van der Waals surface area contributed by atoms with Gasteiger partial charge in [0.25, 0.3) is 11.7 Å². The maximum Gasteiger partial charge on any atom is 0.293 e. The van der Waals surface area contributed by atoms with Crippen molar-refractivity contribution >= 4 is 15.7 Å². The fourth-order valence-electron chi connectivity index (χ4n) is 2.80. The van der Waals surface area contributed by atoms with E-state index in [4.69, 9.17) is 4.52 Å². The smallest absolute Gasteiger partial charge is 0.293 e. The number of aromatic nitrogens is 2. The molecule has 0 spiro atoms. The molecule has 0 saturated carbocycles. The SMILES string of the molecule is CC1(NC(=O)c2noc(C3CCCN3)n2)CCS(=O)(=O)C1. The summed E-state index contributed by atoms with van der Waals surface area (Å²) in [5.74, 6) is -0.109. The summed E-state index contributed by atoms with van der Waals surface area (Å²) < 4.78 is 28.2. The Hall–Kier alpha value is -1.48. The Balaban J connectivity index is 1.68. The lowest BCUT2D eigenvalue weighted by molar-refractivity contribution is 0.0901. The molecule has 0 bridgehead atoms. The standard InChI is InChI=1S/C12H18N4O4S/c1-12(4-6-21(18,19)7-12)15-10(17)9-14-11(20-16-9)8-3-2-5-13-8/h8,13H,2-7H2,1H3,(H,15,17). The first-order valence-electron chi connectivity index (χ1n) is 6.97. The van der Waals surface area contributed by atoms with E-state index in [0.717, 1.165) is 19.4 Å². The van der Waals surface area contributed by atoms with Gasteiger partial charge in [-0.1, -0.05) is 5.16 Å². The third-order valence-corrected chi connectivity index (χ3v) is 5.82. The normalized spacial score (nSPS) is 31.4. The molecule has 1 aromatic rings. The van der Waals surface area contributed by atoms with Crippen molar-refractivity contribution in [3.8, 4) is 0 Å². The van der Waals surface area contributed by atoms with E-state index >= 15 is 0 Å². The highest BCUT2D eigenvalue weighted by Crippen LogP contribution is 2.24. The van der Waals surface area contributed by atoms with Crippen LogP contribution in [-0.4, -0.2) is 48.1 Å². The molecule has 0 radical (unpaired) electrons. The van der Waals surface area contributed by atoms with Crippen molar-refractivity contribution in [2.75, 3.05) is 18.1 Å². The van der Waals surface area contributed by atoms with E-state index < -0.39 is 21.3 Å². The molecule has 1 aromatic heterocycles. The summed E-state index contributed by atoms with van der Waals surface area (Å²) in [6.45, 7) is 2.61. The van der Waals surface area contributed by atoms with E-state index in [1.807, 2.05) is 0 Å². The number of nitrogens with zero attached hydrogens (tertiary/aromatic N) is 2. The number of carbonyl (C=O) groups is 1. The van der Waals surface area contributed by atoms with Crippen LogP contribution in [0.1, 0.15) is 48.7 Å². The Labute approximate surface area is 122 Å². The van der Waals surface area contributed by atoms with Crippen LogP contribution in [-0.2, 0) is 9.84 Å². The molecule has 0 aromatic carbocycles. The molecule has 21 heavy (non-hydrogen) atoms. The van der Waals surface area contributed by atoms with Gasteiger partial charge in [0.15, 0.2) is 9.84 Å². The Morgan fingerprint density at radius 2 is 2.33 bits per heavy atom. The van der Waals surface area contributed by atoms with Crippen LogP contribution < -0.4 is 10.6 Å². The zero-order valence-corrected chi connectivity index (χ0v) is 12.6. The first-order chi connectivity index (χ1) is 9.87. The van der Waals surface area contributed by atoms with E-state index in [2.05, 4.69) is 20.8 Å². The van der Waals surface area contributed by atoms with Gasteiger partial charge >= 0.3 is 0 Å². The molecule has 1 amide bonds. The van der Waals surface area contributed by atoms with Crippen LogP contribution in [0.4, 0.5) is 0 Å². The van der Waals surface area contributed by atoms with Crippen molar-refractivity contribution in [2.45, 2.75) is 37.8 Å². The Kier molecular flexibility index (Phi) is 3.48. The summed E-state index contributed by atoms with van der Waals surface area (Å²) >= 11 is 0. The number of rotatable bonds is 3. The van der Waals surface area contributed by atoms with Gasteiger partial charge in [-0.3, -0.25) is 4.79 Å². The van der Waals surface area contributed by atoms with Gasteiger partial charge < -0.3 is 15.2 Å². The van der Waals surface area contributed by atoms with Crippen molar-refractivity contribution in [1.29, 1.82) is 0 Å². The van der Waals surface area contributed by atoms with Gasteiger partial charge in [0.2, 0.25) is 5.89 Å². The third-order valence-electron chi connectivity index (χ3n) is 3.92. The number of amides is 1. The van der Waals surface area contributed by atoms with Crippen LogP contribution >= 0.6 is 0 Å². The molecule has 3 rings (SSSR count). The van der Waals surface area contributed by atoms with E-state index in [1.165, 1.54) is 0 Å². The van der Waals surface area contributed by atoms with E-state index in [-0.39, 0.29) is 23.4 Å². The zero-order chi connectivity index (χ0) is 15.1. The van der Waals surface area contributed by atoms with Gasteiger partial charge in [0.1, 0.15) is 0 Å². The monoisotopic (exact) mass is 314 g/mol. The Bertz CT molecular complexity index is 650. The maximum atomic E-state index is 12.1. The highest BCUT2D eigenvalue weighted by molar-refractivity contribution is 7.91. The summed E-state index contributed by atoms with van der Waals surface area (Å²) in [6.07, 6.45) is 2.33. The molecule has 2 N–H and O–H groups in total. The van der Waals surface area contributed by atoms with Gasteiger partial charge in [0.05, 0.1) is 23.1 Å². The number of hydrogen-bond donors (Lipinski definition) is 2. The Morgan fingerprint density at radius 3 is 2.95 bits per heavy atom. The molecule has 2 unspecified atom stereocenters. The molecular weight excluding hydrogens is 296 g/mol. The van der Waals surface area contributed by atoms with Crippen LogP contribution in [0.25, 0.3) is 0 Å². The minimum atomic E-state index is -3.08. The van der Waals surface area contributed by atoms with Crippen LogP contribution in [0.2, 0.25) is 0 Å². The Morgan fingerprint density at radius 1 is 1.52 bits per heavy atom. The molecule has 2 atom stereocenters. The molecule has 2 fully saturated rings. The average Bonchev–Trinajstić information content (AvgIpc) is 3.09. The zero-order valence-electron chi connectivity index (χ0n) is 11.8. The molecular formula is C12H18N4O4S. The molecule has 9 heteroatoms. The molecule has 2 aliphatic rings. The fraction of sp³-hybridized carbons (Fsp3) is 0.750. The van der Waals surface area contributed by atoms with Crippen LogP contribution in [0, 0.1) is 0 Å². The van der Waals surface area contributed by atoms with Crippen molar-refractivity contribution in [1.82, 2.24) is 20.8 Å². The topological polar surface area (TPSA) is 114 Å². The van der Waals surface area contributed by atoms with Crippen molar-refractivity contribution in [2.24, 2.45) is 0 Å². The van der Waals surface area contributed by atoms with Crippen LogP contribution in [0.15, 0.2) is 4.52 Å². The maximum absolute atomic E-state index is 12.1. The van der Waals surface area contributed by atoms with Gasteiger partial charge in [-0.25, -0.2) is 8.42 Å². The van der Waals surface area contributed by atoms with Crippen molar-refractivity contribution in [3.05, 3.63) is 11.7 Å². The van der Waals surface area contributed by atoms with Gasteiger partial charge in [-0.05, 0) is 32.7 Å². The molecule has 8 nitrogen and oxygen atoms in total. The van der Waals surface area contributed by atoms with Gasteiger partial charge in [-0.15, -0.1) is 0 Å². The lowest BCUT2D eigenvalue weighted by Crippen LogP contribution is -2.47. The largest absolute Gasteiger partial charge is 0.343 e. The predicted octanol–water partition coefficient (Wildman–Crippen LogP) is -0.199. The van der Waals surface area contributed by atoms with Crippen LogP contribution in [0.3, 0.4) is 0 Å². The van der Waals surface area contributed by atoms with E-state index in [1.54, 1.807) is 6.92 Å². The molecule has 0 aliphatic carbocycles. The summed E-state index contributed by atoms with van der Waals surface area (Å²) in [7, 11) is -3.08. The number of hydrogen-bond acceptors (Lipinski definition) is 7. The summed E-state index contributed by atoms with van der Waals surface area (Å²) in [5.41, 5.74) is -0.762. The van der Waals surface area contributed by atoms with Crippen LogP contribution in [0.5, 0.6) is 0 Å². The number of sulfone groups is 1. The predicted molar refractivity (Wildman–Crippen MR) is 73.4 cm³/mol. The second-order valence-electron chi connectivity index (χ2n) is 5.96. The first kappa shape index (κ1) is 14.5. The minimum Gasteiger partial charge on any atom is -0.343 e. The summed E-state index contributed by atoms with van der Waals surface area (Å²) in [5, 5.41) is 9.60. The quantitative estimate of drug-likeness (QED) is 0.794. The number of carbonyl (C=O) groups excluding carboxylic acids is 1. The summed E-state index contributed by atoms with van der Waals surface area (Å²) in [6, 6.07) is 0.00138. The lowest BCUT2D eigenvalue weighted by atomic mass is 10.0. The third kappa shape index (κ3) is 3.08. The number of nitrogens with one attached hydrogen (secondary N) is 2. The van der Waals surface area contributed by atoms with E-state index in [0.29, 0.717) is 12.3 Å². The van der Waals surface area contributed by atoms with Crippen molar-refractivity contribution in [3.63, 3.8) is 0 Å². The second kappa shape index (κ2) is 5.06. The molecule has 116 valence electrons. The van der Waals surface area contributed by atoms with Gasteiger partial charge in [0, 0.05) is 0 Å². The van der Waals surface area contributed by atoms with Crippen molar-refractivity contribution < 1.29 is 17.7 Å². The molecule has 3 heterocycles. The second-order valence-corrected chi connectivity index (χ2v) is 8.15. The first-order valence-corrected chi connectivity index (χ1v) is 8.79. The van der Waals surface area contributed by atoms with Gasteiger partial charge in [-0.2, -0.15) is 4.98 Å². The highest BCUT2D eigenvalue weighted by atomic mass is 32.2.